The van der Waals surface area contributed by atoms with Crippen molar-refractivity contribution in [3.63, 3.8) is 0 Å². The number of para-hydroxylation sites is 2. The summed E-state index contributed by atoms with van der Waals surface area (Å²) in [5.74, 6) is 0.267. The van der Waals surface area contributed by atoms with Crippen LogP contribution < -0.4 is 14.4 Å². The van der Waals surface area contributed by atoms with Gasteiger partial charge in [0.25, 0.3) is 5.91 Å². The maximum Gasteiger partial charge on any atom is 0.269 e. The minimum absolute atomic E-state index is 0.130. The minimum atomic E-state index is -3.70. The number of carbonyl (C=O) groups is 1. The van der Waals surface area contributed by atoms with Gasteiger partial charge in [-0.05, 0) is 36.2 Å². The second-order valence-corrected chi connectivity index (χ2v) is 7.59. The van der Waals surface area contributed by atoms with Gasteiger partial charge in [-0.3, -0.25) is 4.79 Å². The van der Waals surface area contributed by atoms with Crippen LogP contribution in [0.3, 0.4) is 0 Å². The highest BCUT2D eigenvalue weighted by atomic mass is 32.2. The van der Waals surface area contributed by atoms with Gasteiger partial charge < -0.3 is 9.64 Å². The molecule has 0 spiro atoms. The zero-order valence-electron chi connectivity index (χ0n) is 14.1. The Morgan fingerprint density at radius 2 is 1.80 bits per heavy atom. The monoisotopic (exact) mass is 360 g/mol. The van der Waals surface area contributed by atoms with Gasteiger partial charge in [-0.2, -0.15) is 0 Å². The van der Waals surface area contributed by atoms with Crippen molar-refractivity contribution in [1.29, 1.82) is 0 Å². The van der Waals surface area contributed by atoms with E-state index in [4.69, 9.17) is 4.74 Å². The van der Waals surface area contributed by atoms with Crippen molar-refractivity contribution in [2.24, 2.45) is 0 Å². The normalized spacial score (nSPS) is 17.1. The van der Waals surface area contributed by atoms with Crippen molar-refractivity contribution < 1.29 is 17.9 Å². The summed E-state index contributed by atoms with van der Waals surface area (Å²) < 4.78 is 33.0. The van der Waals surface area contributed by atoms with Gasteiger partial charge in [0.05, 0.1) is 17.1 Å². The first-order valence-corrected chi connectivity index (χ1v) is 9.52. The van der Waals surface area contributed by atoms with Gasteiger partial charge in [-0.25, -0.2) is 13.1 Å². The van der Waals surface area contributed by atoms with Crippen molar-refractivity contribution in [2.75, 3.05) is 18.5 Å². The Labute approximate surface area is 147 Å². The third-order valence-electron chi connectivity index (χ3n) is 4.20. The highest BCUT2D eigenvalue weighted by molar-refractivity contribution is 7.89. The predicted molar refractivity (Wildman–Crippen MR) is 95.3 cm³/mol. The standard InChI is InChI=1S/C18H20N2O4S/c1-3-13-8-10-14(11-9-13)25(22,23)19-12-17-18(21)20(2)15-6-4-5-7-16(15)24-17/h4-11,17,19H,3,12H2,1-2H3. The first kappa shape index (κ1) is 17.4. The Morgan fingerprint density at radius 3 is 2.48 bits per heavy atom. The fourth-order valence-electron chi connectivity index (χ4n) is 2.67. The highest BCUT2D eigenvalue weighted by Gasteiger charge is 2.33. The Hall–Kier alpha value is -2.38. The topological polar surface area (TPSA) is 75.7 Å². The van der Waals surface area contributed by atoms with E-state index in [0.717, 1.165) is 12.0 Å². The summed E-state index contributed by atoms with van der Waals surface area (Å²) in [5, 5.41) is 0. The summed E-state index contributed by atoms with van der Waals surface area (Å²) in [5.41, 5.74) is 1.73. The number of likely N-dealkylation sites (N-methyl/N-ethyl adjacent to an activating group) is 1. The fraction of sp³-hybridized carbons (Fsp3) is 0.278. The van der Waals surface area contributed by atoms with Crippen LogP contribution in [0.25, 0.3) is 0 Å². The van der Waals surface area contributed by atoms with Crippen LogP contribution in [0, 0.1) is 0 Å². The number of sulfonamides is 1. The summed E-state index contributed by atoms with van der Waals surface area (Å²) in [6.45, 7) is 1.87. The summed E-state index contributed by atoms with van der Waals surface area (Å²) in [4.78, 5) is 14.0. The van der Waals surface area contributed by atoms with Crippen LogP contribution >= 0.6 is 0 Å². The lowest BCUT2D eigenvalue weighted by Gasteiger charge is -2.31. The molecule has 1 unspecified atom stereocenters. The summed E-state index contributed by atoms with van der Waals surface area (Å²) in [6.07, 6.45) is -0.0613. The third kappa shape index (κ3) is 3.52. The van der Waals surface area contributed by atoms with E-state index in [1.54, 1.807) is 49.5 Å². The van der Waals surface area contributed by atoms with Gasteiger partial charge >= 0.3 is 0 Å². The molecule has 0 radical (unpaired) electrons. The van der Waals surface area contributed by atoms with Crippen molar-refractivity contribution in [2.45, 2.75) is 24.3 Å². The molecule has 2 aromatic carbocycles. The highest BCUT2D eigenvalue weighted by Crippen LogP contribution is 2.32. The number of amides is 1. The molecule has 1 atom stereocenters. The molecule has 1 N–H and O–H groups in total. The van der Waals surface area contributed by atoms with E-state index >= 15 is 0 Å². The van der Waals surface area contributed by atoms with Crippen molar-refractivity contribution in [1.82, 2.24) is 4.72 Å². The molecule has 25 heavy (non-hydrogen) atoms. The van der Waals surface area contributed by atoms with Gasteiger partial charge in [0.1, 0.15) is 5.75 Å². The number of rotatable bonds is 5. The molecule has 0 saturated carbocycles. The number of carbonyl (C=O) groups excluding carboxylic acids is 1. The summed E-state index contributed by atoms with van der Waals surface area (Å²) in [6, 6.07) is 13.8. The maximum atomic E-state index is 12.4. The molecule has 1 heterocycles. The molecule has 1 amide bonds. The lowest BCUT2D eigenvalue weighted by Crippen LogP contribution is -2.49. The first-order chi connectivity index (χ1) is 11.9. The van der Waals surface area contributed by atoms with Gasteiger partial charge in [0.2, 0.25) is 10.0 Å². The minimum Gasteiger partial charge on any atom is -0.477 e. The van der Waals surface area contributed by atoms with Gasteiger partial charge in [0.15, 0.2) is 6.10 Å². The van der Waals surface area contributed by atoms with Crippen molar-refractivity contribution >= 4 is 21.6 Å². The number of ether oxygens (including phenoxy) is 1. The van der Waals surface area contributed by atoms with E-state index in [9.17, 15) is 13.2 Å². The van der Waals surface area contributed by atoms with Crippen LogP contribution in [0.5, 0.6) is 5.75 Å². The molecular formula is C18H20N2O4S. The molecule has 2 aromatic rings. The Kier molecular flexibility index (Phi) is 4.78. The molecule has 1 aliphatic rings. The average Bonchev–Trinajstić information content (AvgIpc) is 2.63. The molecule has 0 saturated heterocycles. The van der Waals surface area contributed by atoms with Crippen LogP contribution in [0.4, 0.5) is 5.69 Å². The lowest BCUT2D eigenvalue weighted by atomic mass is 10.2. The number of nitrogens with zero attached hydrogens (tertiary/aromatic N) is 1. The molecule has 0 fully saturated rings. The van der Waals surface area contributed by atoms with Crippen LogP contribution in [0.15, 0.2) is 53.4 Å². The lowest BCUT2D eigenvalue weighted by molar-refractivity contribution is -0.125. The van der Waals surface area contributed by atoms with E-state index in [0.29, 0.717) is 11.4 Å². The molecule has 0 aromatic heterocycles. The second-order valence-electron chi connectivity index (χ2n) is 5.82. The number of hydrogen-bond donors (Lipinski definition) is 1. The van der Waals surface area contributed by atoms with Gasteiger partial charge in [0, 0.05) is 7.05 Å². The second kappa shape index (κ2) is 6.85. The van der Waals surface area contributed by atoms with Crippen molar-refractivity contribution in [3.05, 3.63) is 54.1 Å². The average molecular weight is 360 g/mol. The van der Waals surface area contributed by atoms with E-state index in [2.05, 4.69) is 4.72 Å². The molecular weight excluding hydrogens is 340 g/mol. The molecule has 0 bridgehead atoms. The SMILES string of the molecule is CCc1ccc(S(=O)(=O)NCC2Oc3ccccc3N(C)C2=O)cc1. The molecule has 1 aliphatic heterocycles. The van der Waals surface area contributed by atoms with E-state index < -0.39 is 16.1 Å². The summed E-state index contributed by atoms with van der Waals surface area (Å²) >= 11 is 0. The van der Waals surface area contributed by atoms with Crippen LogP contribution in [-0.4, -0.2) is 34.0 Å². The molecule has 132 valence electrons. The summed E-state index contributed by atoms with van der Waals surface area (Å²) in [7, 11) is -2.06. The Balaban J connectivity index is 1.73. The van der Waals surface area contributed by atoms with Gasteiger partial charge in [-0.1, -0.05) is 31.2 Å². The number of nitrogens with one attached hydrogen (secondary N) is 1. The van der Waals surface area contributed by atoms with Crippen molar-refractivity contribution in [3.8, 4) is 5.75 Å². The van der Waals surface area contributed by atoms with Gasteiger partial charge in [-0.15, -0.1) is 0 Å². The van der Waals surface area contributed by atoms with Crippen LogP contribution in [0.1, 0.15) is 12.5 Å². The number of benzene rings is 2. The van der Waals surface area contributed by atoms with E-state index in [1.807, 2.05) is 13.0 Å². The number of hydrogen-bond acceptors (Lipinski definition) is 4. The quantitative estimate of drug-likeness (QED) is 0.884. The molecule has 0 aliphatic carbocycles. The predicted octanol–water partition coefficient (Wildman–Crippen LogP) is 1.95. The molecule has 3 rings (SSSR count). The smallest absolute Gasteiger partial charge is 0.269 e. The molecule has 7 heteroatoms. The Morgan fingerprint density at radius 1 is 1.12 bits per heavy atom. The zero-order valence-corrected chi connectivity index (χ0v) is 14.9. The van der Waals surface area contributed by atoms with Crippen LogP contribution in [-0.2, 0) is 21.2 Å². The molecule has 6 nitrogen and oxygen atoms in total. The number of fused-ring (bicyclic) bond motifs is 1. The zero-order chi connectivity index (χ0) is 18.0. The third-order valence-corrected chi connectivity index (χ3v) is 5.64. The number of aryl methyl sites for hydroxylation is 1. The number of anilines is 1. The first-order valence-electron chi connectivity index (χ1n) is 8.04. The van der Waals surface area contributed by atoms with Crippen LogP contribution in [0.2, 0.25) is 0 Å². The van der Waals surface area contributed by atoms with E-state index in [-0.39, 0.29) is 17.3 Å². The fourth-order valence-corrected chi connectivity index (χ4v) is 3.71. The Bertz CT molecular complexity index is 878. The van der Waals surface area contributed by atoms with E-state index in [1.165, 1.54) is 4.90 Å². The maximum absolute atomic E-state index is 12.4. The largest absolute Gasteiger partial charge is 0.477 e.